The fraction of sp³-hybridized carbons (Fsp3) is 0.476. The number of hydrogen-bond acceptors (Lipinski definition) is 7. The van der Waals surface area contributed by atoms with E-state index in [0.717, 1.165) is 12.4 Å². The van der Waals surface area contributed by atoms with E-state index in [2.05, 4.69) is 25.3 Å². The van der Waals surface area contributed by atoms with Crippen LogP contribution in [-0.2, 0) is 4.79 Å². The van der Waals surface area contributed by atoms with Crippen LogP contribution in [0.25, 0.3) is 0 Å². The van der Waals surface area contributed by atoms with Crippen molar-refractivity contribution in [1.82, 2.24) is 15.2 Å². The molecule has 1 aromatic rings. The highest BCUT2D eigenvalue weighted by atomic mass is 19.3. The molecule has 11 heteroatoms. The first-order chi connectivity index (χ1) is 15.1. The minimum atomic E-state index is -2.67. The Balaban J connectivity index is 2.17. The molecule has 172 valence electrons. The molecular weight excluding hydrogens is 420 g/mol. The van der Waals surface area contributed by atoms with Gasteiger partial charge in [0.15, 0.2) is 5.82 Å². The Morgan fingerprint density at radius 2 is 1.94 bits per heavy atom. The third kappa shape index (κ3) is 6.08. The number of aromatic nitrogens is 1. The fourth-order valence-corrected chi connectivity index (χ4v) is 3.03. The summed E-state index contributed by atoms with van der Waals surface area (Å²) in [5, 5.41) is 11.0. The first-order valence-electron chi connectivity index (χ1n) is 9.96. The number of nitrogens with one attached hydrogen (secondary N) is 2. The lowest BCUT2D eigenvalue weighted by Gasteiger charge is -2.24. The van der Waals surface area contributed by atoms with Crippen LogP contribution in [0, 0.1) is 16.7 Å². The van der Waals surface area contributed by atoms with Gasteiger partial charge < -0.3 is 5.32 Å². The number of nitrogens with zero attached hydrogens (tertiary/aromatic N) is 5. The van der Waals surface area contributed by atoms with Crippen molar-refractivity contribution in [2.45, 2.75) is 32.7 Å². The summed E-state index contributed by atoms with van der Waals surface area (Å²) in [6.45, 7) is 4.00. The third-order valence-electron chi connectivity index (χ3n) is 4.91. The number of halogens is 2. The van der Waals surface area contributed by atoms with Gasteiger partial charge in [0.2, 0.25) is 5.91 Å². The molecule has 1 aliphatic rings. The molecule has 2 heterocycles. The molecule has 2 N–H and O–H groups in total. The van der Waals surface area contributed by atoms with E-state index in [0.29, 0.717) is 13.0 Å². The van der Waals surface area contributed by atoms with Crippen molar-refractivity contribution < 1.29 is 18.4 Å². The lowest BCUT2D eigenvalue weighted by Crippen LogP contribution is -2.50. The highest BCUT2D eigenvalue weighted by Gasteiger charge is 2.41. The molecule has 9 nitrogen and oxygen atoms in total. The van der Waals surface area contributed by atoms with Crippen LogP contribution in [0.15, 0.2) is 33.2 Å². The van der Waals surface area contributed by atoms with Gasteiger partial charge in [-0.1, -0.05) is 19.9 Å². The maximum Gasteiger partial charge on any atom is 0.270 e. The van der Waals surface area contributed by atoms with E-state index >= 15 is 0 Å². The van der Waals surface area contributed by atoms with Crippen LogP contribution in [0.1, 0.15) is 30.8 Å². The molecule has 2 atom stereocenters. The molecule has 0 saturated carbocycles. The average Bonchev–Trinajstić information content (AvgIpc) is 3.02. The van der Waals surface area contributed by atoms with Crippen molar-refractivity contribution in [3.05, 3.63) is 23.9 Å². The maximum absolute atomic E-state index is 13.0. The van der Waals surface area contributed by atoms with E-state index in [-0.39, 0.29) is 23.3 Å². The van der Waals surface area contributed by atoms with E-state index < -0.39 is 29.7 Å². The topological polar surface area (TPSA) is 123 Å². The number of amides is 2. The summed E-state index contributed by atoms with van der Waals surface area (Å²) in [6, 6.07) is 3.47. The molecule has 1 aliphatic heterocycles. The molecule has 32 heavy (non-hydrogen) atoms. The first-order valence-corrected chi connectivity index (χ1v) is 9.96. The normalized spacial score (nSPS) is 18.2. The Labute approximate surface area is 185 Å². The van der Waals surface area contributed by atoms with Gasteiger partial charge in [-0.3, -0.25) is 29.9 Å². The van der Waals surface area contributed by atoms with E-state index in [9.17, 15) is 18.4 Å². The van der Waals surface area contributed by atoms with Gasteiger partial charge in [-0.05, 0) is 18.6 Å². The number of pyridine rings is 1. The number of hydrogen-bond donors (Lipinski definition) is 2. The molecule has 0 aliphatic carbocycles. The monoisotopic (exact) mass is 447 g/mol. The second-order valence-corrected chi connectivity index (χ2v) is 7.81. The molecule has 0 spiro atoms. The van der Waals surface area contributed by atoms with Crippen molar-refractivity contribution in [1.29, 1.82) is 5.41 Å². The Morgan fingerprint density at radius 3 is 2.50 bits per heavy atom. The molecule has 2 rings (SSSR count). The molecule has 1 aromatic heterocycles. The molecule has 1 fully saturated rings. The van der Waals surface area contributed by atoms with Crippen molar-refractivity contribution in [2.75, 3.05) is 20.6 Å². The Morgan fingerprint density at radius 1 is 1.25 bits per heavy atom. The lowest BCUT2D eigenvalue weighted by molar-refractivity contribution is -0.131. The minimum Gasteiger partial charge on any atom is -0.336 e. The Kier molecular flexibility index (Phi) is 8.39. The zero-order valence-electron chi connectivity index (χ0n) is 18.4. The zero-order chi connectivity index (χ0) is 23.9. The van der Waals surface area contributed by atoms with Crippen LogP contribution in [0.2, 0.25) is 0 Å². The van der Waals surface area contributed by atoms with Crippen LogP contribution < -0.4 is 5.32 Å². The molecule has 0 bridgehead atoms. The largest absolute Gasteiger partial charge is 0.336 e. The summed E-state index contributed by atoms with van der Waals surface area (Å²) in [5.74, 6) is -2.10. The molecule has 0 radical (unpaired) electrons. The van der Waals surface area contributed by atoms with Crippen LogP contribution >= 0.6 is 0 Å². The molecule has 0 aromatic carbocycles. The second kappa shape index (κ2) is 10.8. The molecule has 1 saturated heterocycles. The smallest absolute Gasteiger partial charge is 0.270 e. The van der Waals surface area contributed by atoms with E-state index in [4.69, 9.17) is 5.41 Å². The average molecular weight is 447 g/mol. The highest BCUT2D eigenvalue weighted by Crippen LogP contribution is 2.30. The SMILES string of the molecule is CN=CC(NC(=O)c1cccc(N=CC(C=NC)C(F)F)n1)C(=N)N1CCC(C)(C)C1=O. The lowest BCUT2D eigenvalue weighted by atomic mass is 9.92. The van der Waals surface area contributed by atoms with Crippen LogP contribution in [-0.4, -0.2) is 79.3 Å². The van der Waals surface area contributed by atoms with Crippen molar-refractivity contribution in [3.63, 3.8) is 0 Å². The second-order valence-electron chi connectivity index (χ2n) is 7.81. The number of alkyl halides is 2. The van der Waals surface area contributed by atoms with Gasteiger partial charge in [-0.2, -0.15) is 0 Å². The quantitative estimate of drug-likeness (QED) is 0.470. The first kappa shape index (κ1) is 24.9. The predicted octanol–water partition coefficient (Wildman–Crippen LogP) is 2.40. The van der Waals surface area contributed by atoms with Gasteiger partial charge in [-0.25, -0.2) is 18.8 Å². The molecule has 2 unspecified atom stereocenters. The predicted molar refractivity (Wildman–Crippen MR) is 120 cm³/mol. The summed E-state index contributed by atoms with van der Waals surface area (Å²) in [5.41, 5.74) is -0.593. The Bertz CT molecular complexity index is 944. The van der Waals surface area contributed by atoms with Gasteiger partial charge in [0.25, 0.3) is 12.3 Å². The summed E-state index contributed by atoms with van der Waals surface area (Å²) < 4.78 is 25.9. The van der Waals surface area contributed by atoms with Crippen molar-refractivity contribution in [2.24, 2.45) is 26.3 Å². The number of likely N-dealkylation sites (tertiary alicyclic amines) is 1. The van der Waals surface area contributed by atoms with Crippen LogP contribution in [0.3, 0.4) is 0 Å². The van der Waals surface area contributed by atoms with Gasteiger partial charge in [-0.15, -0.1) is 0 Å². The van der Waals surface area contributed by atoms with Gasteiger partial charge in [0.1, 0.15) is 17.6 Å². The van der Waals surface area contributed by atoms with Crippen LogP contribution in [0.4, 0.5) is 14.6 Å². The summed E-state index contributed by atoms with van der Waals surface area (Å²) in [4.78, 5) is 42.1. The summed E-state index contributed by atoms with van der Waals surface area (Å²) in [6.07, 6.45) is 1.38. The number of aliphatic imine (C=N–C) groups is 3. The summed E-state index contributed by atoms with van der Waals surface area (Å²) >= 11 is 0. The highest BCUT2D eigenvalue weighted by molar-refractivity contribution is 6.11. The van der Waals surface area contributed by atoms with Gasteiger partial charge >= 0.3 is 0 Å². The van der Waals surface area contributed by atoms with Gasteiger partial charge in [0, 0.05) is 44.7 Å². The maximum atomic E-state index is 13.0. The van der Waals surface area contributed by atoms with E-state index in [1.165, 1.54) is 43.4 Å². The van der Waals surface area contributed by atoms with Crippen LogP contribution in [0.5, 0.6) is 0 Å². The molecular formula is C21H27F2N7O2. The standard InChI is InChI=1S/C21H27F2N7O2/c1-21(2)8-9-30(20(21)32)18(24)15(12-26-4)29-19(31)14-6-5-7-16(28-14)27-11-13(10-25-3)17(22)23/h5-7,10-13,15,17,24H,8-9H2,1-4H3,(H,29,31). The van der Waals surface area contributed by atoms with Crippen molar-refractivity contribution in [3.8, 4) is 0 Å². The number of carbonyl (C=O) groups is 2. The van der Waals surface area contributed by atoms with E-state index in [1.807, 2.05) is 13.8 Å². The summed E-state index contributed by atoms with van der Waals surface area (Å²) in [7, 11) is 2.88. The number of rotatable bonds is 8. The number of amidine groups is 1. The molecule has 2 amide bonds. The van der Waals surface area contributed by atoms with Crippen molar-refractivity contribution >= 4 is 42.1 Å². The van der Waals surface area contributed by atoms with Gasteiger partial charge in [0.05, 0.1) is 5.92 Å². The zero-order valence-corrected chi connectivity index (χ0v) is 18.4. The number of carbonyl (C=O) groups excluding carboxylic acids is 2. The fourth-order valence-electron chi connectivity index (χ4n) is 3.03. The van der Waals surface area contributed by atoms with E-state index in [1.54, 1.807) is 0 Å². The Hall–Kier alpha value is -3.37. The minimum absolute atomic E-state index is 0.0206. The third-order valence-corrected chi connectivity index (χ3v) is 4.91.